The minimum atomic E-state index is -1.13. The van der Waals surface area contributed by atoms with Gasteiger partial charge in [-0.3, -0.25) is 4.79 Å². The molecule has 21 heavy (non-hydrogen) atoms. The molecule has 1 heterocycles. The smallest absolute Gasteiger partial charge is 0.329 e. The molecule has 1 aromatic rings. The first-order chi connectivity index (χ1) is 9.91. The third-order valence-corrected chi connectivity index (χ3v) is 3.92. The van der Waals surface area contributed by atoms with E-state index in [4.69, 9.17) is 4.52 Å². The third kappa shape index (κ3) is 3.80. The van der Waals surface area contributed by atoms with Crippen molar-refractivity contribution in [1.82, 2.24) is 15.5 Å². The van der Waals surface area contributed by atoms with Crippen molar-refractivity contribution < 1.29 is 19.2 Å². The van der Waals surface area contributed by atoms with Gasteiger partial charge in [-0.2, -0.15) is 4.98 Å². The van der Waals surface area contributed by atoms with Gasteiger partial charge in [0.1, 0.15) is 5.54 Å². The molecule has 1 aliphatic rings. The van der Waals surface area contributed by atoms with Crippen molar-refractivity contribution in [1.29, 1.82) is 0 Å². The Bertz CT molecular complexity index is 528. The van der Waals surface area contributed by atoms with Crippen molar-refractivity contribution in [3.05, 3.63) is 11.7 Å². The Morgan fingerprint density at radius 3 is 2.86 bits per heavy atom. The average Bonchev–Trinajstić information content (AvgIpc) is 2.82. The molecule has 1 aliphatic carbocycles. The summed E-state index contributed by atoms with van der Waals surface area (Å²) in [6.45, 7) is 3.72. The number of carbonyl (C=O) groups excluding carboxylic acids is 1. The van der Waals surface area contributed by atoms with E-state index in [-0.39, 0.29) is 12.3 Å². The maximum Gasteiger partial charge on any atom is 0.329 e. The largest absolute Gasteiger partial charge is 0.480 e. The molecular weight excluding hydrogens is 274 g/mol. The highest BCUT2D eigenvalue weighted by atomic mass is 16.5. The van der Waals surface area contributed by atoms with Crippen LogP contribution in [0, 0.1) is 12.8 Å². The molecule has 0 aromatic carbocycles. The number of amides is 1. The second-order valence-electron chi connectivity index (χ2n) is 5.87. The topological polar surface area (TPSA) is 105 Å². The maximum absolute atomic E-state index is 12.0. The highest BCUT2D eigenvalue weighted by Gasteiger charge is 2.43. The molecule has 116 valence electrons. The Morgan fingerprint density at radius 2 is 2.29 bits per heavy atom. The van der Waals surface area contributed by atoms with Crippen LogP contribution in [0.1, 0.15) is 50.7 Å². The zero-order valence-electron chi connectivity index (χ0n) is 12.4. The van der Waals surface area contributed by atoms with Crippen LogP contribution >= 0.6 is 0 Å². The van der Waals surface area contributed by atoms with E-state index in [1.807, 2.05) is 6.92 Å². The number of aromatic nitrogens is 2. The molecule has 7 heteroatoms. The van der Waals surface area contributed by atoms with Crippen LogP contribution in [0.4, 0.5) is 0 Å². The number of carboxylic acid groups (broad SMARTS) is 1. The number of hydrogen-bond donors (Lipinski definition) is 2. The number of carbonyl (C=O) groups is 2. The van der Waals surface area contributed by atoms with E-state index in [0.29, 0.717) is 36.9 Å². The quantitative estimate of drug-likeness (QED) is 0.852. The Labute approximate surface area is 123 Å². The fraction of sp³-hybridized carbons (Fsp3) is 0.714. The first kappa shape index (κ1) is 15.5. The van der Waals surface area contributed by atoms with Gasteiger partial charge in [-0.1, -0.05) is 24.9 Å². The first-order valence-corrected chi connectivity index (χ1v) is 7.25. The molecule has 0 spiro atoms. The molecule has 0 aliphatic heterocycles. The SMILES string of the molecule is Cc1noc(CCC(=O)NC2(C(=O)O)CCCC(C)C2)n1. The molecule has 0 bridgehead atoms. The van der Waals surface area contributed by atoms with Gasteiger partial charge in [-0.25, -0.2) is 4.79 Å². The van der Waals surface area contributed by atoms with Gasteiger partial charge in [0.15, 0.2) is 5.82 Å². The number of nitrogens with zero attached hydrogens (tertiary/aromatic N) is 2. The molecule has 1 aromatic heterocycles. The molecule has 1 fully saturated rings. The summed E-state index contributed by atoms with van der Waals surface area (Å²) in [5.74, 6) is -0.0234. The molecule has 7 nitrogen and oxygen atoms in total. The molecular formula is C14H21N3O4. The second kappa shape index (κ2) is 6.24. The summed E-state index contributed by atoms with van der Waals surface area (Å²) in [5, 5.41) is 15.8. The predicted molar refractivity (Wildman–Crippen MR) is 73.5 cm³/mol. The predicted octanol–water partition coefficient (Wildman–Crippen LogP) is 1.46. The van der Waals surface area contributed by atoms with Crippen molar-refractivity contribution in [3.8, 4) is 0 Å². The summed E-state index contributed by atoms with van der Waals surface area (Å²) < 4.78 is 4.94. The van der Waals surface area contributed by atoms with Gasteiger partial charge in [0.25, 0.3) is 0 Å². The fourth-order valence-electron chi connectivity index (χ4n) is 2.90. The fourth-order valence-corrected chi connectivity index (χ4v) is 2.90. The number of aliphatic carboxylic acids is 1. The number of aryl methyl sites for hydroxylation is 2. The van der Waals surface area contributed by atoms with E-state index in [9.17, 15) is 14.7 Å². The van der Waals surface area contributed by atoms with Crippen LogP contribution in [-0.2, 0) is 16.0 Å². The van der Waals surface area contributed by atoms with E-state index in [1.54, 1.807) is 6.92 Å². The van der Waals surface area contributed by atoms with Gasteiger partial charge >= 0.3 is 5.97 Å². The second-order valence-corrected chi connectivity index (χ2v) is 5.87. The van der Waals surface area contributed by atoms with Gasteiger partial charge in [-0.05, 0) is 25.7 Å². The van der Waals surface area contributed by atoms with Crippen molar-refractivity contribution in [2.75, 3.05) is 0 Å². The molecule has 0 saturated heterocycles. The first-order valence-electron chi connectivity index (χ1n) is 7.25. The molecule has 1 saturated carbocycles. The Hall–Kier alpha value is -1.92. The van der Waals surface area contributed by atoms with Crippen LogP contribution in [0.2, 0.25) is 0 Å². The zero-order chi connectivity index (χ0) is 15.5. The standard InChI is InChI=1S/C14H21N3O4/c1-9-4-3-7-14(8-9,13(19)20)16-11(18)5-6-12-15-10(2)17-21-12/h9H,3-8H2,1-2H3,(H,16,18)(H,19,20). The molecule has 2 N–H and O–H groups in total. The van der Waals surface area contributed by atoms with Crippen LogP contribution in [0.15, 0.2) is 4.52 Å². The summed E-state index contributed by atoms with van der Waals surface area (Å²) in [6, 6.07) is 0. The monoisotopic (exact) mass is 295 g/mol. The third-order valence-electron chi connectivity index (χ3n) is 3.92. The van der Waals surface area contributed by atoms with Gasteiger partial charge in [0.2, 0.25) is 11.8 Å². The summed E-state index contributed by atoms with van der Waals surface area (Å²) in [6.07, 6.45) is 3.25. The van der Waals surface area contributed by atoms with E-state index >= 15 is 0 Å². The van der Waals surface area contributed by atoms with Crippen LogP contribution in [-0.4, -0.2) is 32.7 Å². The number of nitrogens with one attached hydrogen (secondary N) is 1. The summed E-state index contributed by atoms with van der Waals surface area (Å²) >= 11 is 0. The maximum atomic E-state index is 12.0. The average molecular weight is 295 g/mol. The highest BCUT2D eigenvalue weighted by molar-refractivity contribution is 5.87. The lowest BCUT2D eigenvalue weighted by molar-refractivity contribution is -0.150. The lowest BCUT2D eigenvalue weighted by Crippen LogP contribution is -2.56. The highest BCUT2D eigenvalue weighted by Crippen LogP contribution is 2.32. The summed E-state index contributed by atoms with van der Waals surface area (Å²) in [5.41, 5.74) is -1.13. The van der Waals surface area contributed by atoms with E-state index in [2.05, 4.69) is 15.5 Å². The van der Waals surface area contributed by atoms with Gasteiger partial charge in [0, 0.05) is 12.8 Å². The van der Waals surface area contributed by atoms with Crippen molar-refractivity contribution >= 4 is 11.9 Å². The van der Waals surface area contributed by atoms with Crippen LogP contribution in [0.5, 0.6) is 0 Å². The van der Waals surface area contributed by atoms with Crippen LogP contribution in [0.25, 0.3) is 0 Å². The summed E-state index contributed by atoms with van der Waals surface area (Å²) in [7, 11) is 0. The number of carboxylic acids is 1. The Morgan fingerprint density at radius 1 is 1.52 bits per heavy atom. The van der Waals surface area contributed by atoms with Crippen LogP contribution in [0.3, 0.4) is 0 Å². The molecule has 1 amide bonds. The lowest BCUT2D eigenvalue weighted by Gasteiger charge is -2.37. The minimum Gasteiger partial charge on any atom is -0.480 e. The van der Waals surface area contributed by atoms with Gasteiger partial charge < -0.3 is 14.9 Å². The lowest BCUT2D eigenvalue weighted by atomic mass is 9.76. The van der Waals surface area contributed by atoms with E-state index in [1.165, 1.54) is 0 Å². The Kier molecular flexibility index (Phi) is 4.59. The number of hydrogen-bond acceptors (Lipinski definition) is 5. The molecule has 2 rings (SSSR count). The van der Waals surface area contributed by atoms with E-state index in [0.717, 1.165) is 12.8 Å². The molecule has 2 atom stereocenters. The van der Waals surface area contributed by atoms with Crippen molar-refractivity contribution in [2.24, 2.45) is 5.92 Å². The normalized spacial score (nSPS) is 25.5. The van der Waals surface area contributed by atoms with Crippen LogP contribution < -0.4 is 5.32 Å². The van der Waals surface area contributed by atoms with Crippen molar-refractivity contribution in [3.63, 3.8) is 0 Å². The van der Waals surface area contributed by atoms with Gasteiger partial charge in [-0.15, -0.1) is 0 Å². The summed E-state index contributed by atoms with van der Waals surface area (Å²) in [4.78, 5) is 27.6. The Balaban J connectivity index is 1.94. The minimum absolute atomic E-state index is 0.144. The van der Waals surface area contributed by atoms with Gasteiger partial charge in [0.05, 0.1) is 0 Å². The molecule has 2 unspecified atom stereocenters. The molecule has 0 radical (unpaired) electrons. The van der Waals surface area contributed by atoms with E-state index < -0.39 is 11.5 Å². The number of rotatable bonds is 5. The zero-order valence-corrected chi connectivity index (χ0v) is 12.4. The van der Waals surface area contributed by atoms with Crippen molar-refractivity contribution in [2.45, 2.75) is 57.9 Å².